The van der Waals surface area contributed by atoms with Gasteiger partial charge in [-0.25, -0.2) is 8.42 Å². The van der Waals surface area contributed by atoms with E-state index in [1.807, 2.05) is 19.1 Å². The first-order chi connectivity index (χ1) is 14.5. The van der Waals surface area contributed by atoms with E-state index >= 15 is 0 Å². The number of hydrogen-bond acceptors (Lipinski definition) is 8. The van der Waals surface area contributed by atoms with E-state index < -0.39 is 10.0 Å². The molecule has 10 heteroatoms. The Morgan fingerprint density at radius 2 is 2.17 bits per heavy atom. The van der Waals surface area contributed by atoms with E-state index in [0.717, 1.165) is 18.4 Å². The van der Waals surface area contributed by atoms with Crippen molar-refractivity contribution in [1.29, 1.82) is 0 Å². The van der Waals surface area contributed by atoms with Crippen molar-refractivity contribution in [3.63, 3.8) is 0 Å². The normalized spacial score (nSPS) is 17.7. The highest BCUT2D eigenvalue weighted by Gasteiger charge is 2.34. The van der Waals surface area contributed by atoms with Crippen molar-refractivity contribution in [1.82, 2.24) is 14.4 Å². The van der Waals surface area contributed by atoms with Gasteiger partial charge in [0, 0.05) is 18.7 Å². The second kappa shape index (κ2) is 8.75. The highest BCUT2D eigenvalue weighted by atomic mass is 32.2. The van der Waals surface area contributed by atoms with Gasteiger partial charge in [0.15, 0.2) is 11.5 Å². The van der Waals surface area contributed by atoms with Crippen LogP contribution in [0.5, 0.6) is 11.5 Å². The van der Waals surface area contributed by atoms with E-state index in [9.17, 15) is 8.42 Å². The molecule has 0 saturated carbocycles. The van der Waals surface area contributed by atoms with E-state index in [4.69, 9.17) is 14.0 Å². The number of piperidine rings is 1. The van der Waals surface area contributed by atoms with Crippen molar-refractivity contribution in [3.8, 4) is 22.9 Å². The average molecular weight is 450 g/mol. The van der Waals surface area contributed by atoms with Crippen LogP contribution in [0.3, 0.4) is 0 Å². The molecule has 0 aliphatic carbocycles. The zero-order chi connectivity index (χ0) is 21.1. The van der Waals surface area contributed by atoms with Gasteiger partial charge in [0.05, 0.1) is 19.6 Å². The molecule has 8 nitrogen and oxygen atoms in total. The summed E-state index contributed by atoms with van der Waals surface area (Å²) in [5.41, 5.74) is 0.740. The van der Waals surface area contributed by atoms with Crippen LogP contribution in [-0.4, -0.2) is 49.7 Å². The van der Waals surface area contributed by atoms with Crippen molar-refractivity contribution >= 4 is 21.4 Å². The first-order valence-electron chi connectivity index (χ1n) is 9.71. The number of ether oxygens (including phenoxy) is 2. The lowest BCUT2D eigenvalue weighted by Crippen LogP contribution is -2.38. The summed E-state index contributed by atoms with van der Waals surface area (Å²) in [4.78, 5) is 4.54. The molecule has 1 aromatic carbocycles. The Balaban J connectivity index is 1.54. The van der Waals surface area contributed by atoms with E-state index in [-0.39, 0.29) is 5.92 Å². The minimum atomic E-state index is -3.49. The lowest BCUT2D eigenvalue weighted by Gasteiger charge is -2.29. The third kappa shape index (κ3) is 4.07. The molecule has 1 aliphatic rings. The number of thiophene rings is 1. The lowest BCUT2D eigenvalue weighted by molar-refractivity contribution is 0.266. The lowest BCUT2D eigenvalue weighted by atomic mass is 10.00. The summed E-state index contributed by atoms with van der Waals surface area (Å²) in [6.07, 6.45) is 1.54. The molecule has 0 bridgehead atoms. The van der Waals surface area contributed by atoms with Gasteiger partial charge in [-0.1, -0.05) is 11.2 Å². The molecule has 1 aliphatic heterocycles. The molecule has 3 aromatic rings. The Morgan fingerprint density at radius 1 is 1.30 bits per heavy atom. The van der Waals surface area contributed by atoms with Crippen molar-refractivity contribution in [2.24, 2.45) is 0 Å². The van der Waals surface area contributed by atoms with Crippen molar-refractivity contribution in [3.05, 3.63) is 41.6 Å². The van der Waals surface area contributed by atoms with Gasteiger partial charge in [0.25, 0.3) is 10.0 Å². The van der Waals surface area contributed by atoms with Crippen LogP contribution in [0.25, 0.3) is 11.4 Å². The number of sulfonamides is 1. The van der Waals surface area contributed by atoms with Crippen LogP contribution >= 0.6 is 11.3 Å². The van der Waals surface area contributed by atoms with Crippen LogP contribution in [-0.2, 0) is 10.0 Å². The standard InChI is InChI=1S/C20H23N3O5S2/c1-3-27-16-9-8-14(12-17(16)26-2)19-21-20(28-22-19)15-6-4-10-23(13-15)30(24,25)18-7-5-11-29-18/h5,7-9,11-12,15H,3-4,6,10,13H2,1-2H3. The second-order valence-corrected chi connectivity index (χ2v) is 10.0. The Labute approximate surface area is 179 Å². The fraction of sp³-hybridized carbons (Fsp3) is 0.400. The Hall–Kier alpha value is -2.43. The van der Waals surface area contributed by atoms with Crippen LogP contribution in [0, 0.1) is 0 Å². The van der Waals surface area contributed by atoms with Crippen molar-refractivity contribution in [2.75, 3.05) is 26.8 Å². The van der Waals surface area contributed by atoms with Gasteiger partial charge in [-0.15, -0.1) is 11.3 Å². The molecule has 2 aromatic heterocycles. The predicted octanol–water partition coefficient (Wildman–Crippen LogP) is 3.77. The maximum absolute atomic E-state index is 12.9. The highest BCUT2D eigenvalue weighted by molar-refractivity contribution is 7.91. The maximum atomic E-state index is 12.9. The van der Waals surface area contributed by atoms with E-state index in [1.54, 1.807) is 30.7 Å². The van der Waals surface area contributed by atoms with Crippen LogP contribution in [0.15, 0.2) is 44.4 Å². The molecular formula is C20H23N3O5S2. The van der Waals surface area contributed by atoms with Crippen LogP contribution < -0.4 is 9.47 Å². The van der Waals surface area contributed by atoms with Crippen LogP contribution in [0.4, 0.5) is 0 Å². The molecule has 0 spiro atoms. The summed E-state index contributed by atoms with van der Waals surface area (Å²) in [6, 6.07) is 8.83. The van der Waals surface area contributed by atoms with Gasteiger partial charge in [-0.05, 0) is 49.4 Å². The second-order valence-electron chi connectivity index (χ2n) is 6.89. The molecular weight excluding hydrogens is 426 g/mol. The van der Waals surface area contributed by atoms with Gasteiger partial charge < -0.3 is 14.0 Å². The average Bonchev–Trinajstić information content (AvgIpc) is 3.47. The molecule has 1 unspecified atom stereocenters. The molecule has 1 atom stereocenters. The largest absolute Gasteiger partial charge is 0.493 e. The maximum Gasteiger partial charge on any atom is 0.252 e. The molecule has 1 saturated heterocycles. The van der Waals surface area contributed by atoms with Gasteiger partial charge in [-0.2, -0.15) is 9.29 Å². The third-order valence-electron chi connectivity index (χ3n) is 4.99. The summed E-state index contributed by atoms with van der Waals surface area (Å²) in [7, 11) is -1.92. The summed E-state index contributed by atoms with van der Waals surface area (Å²) < 4.78 is 44.0. The number of methoxy groups -OCH3 is 1. The first-order valence-corrected chi connectivity index (χ1v) is 12.0. The third-order valence-corrected chi connectivity index (χ3v) is 8.22. The predicted molar refractivity (Wildman–Crippen MR) is 113 cm³/mol. The topological polar surface area (TPSA) is 94.8 Å². The molecule has 1 fully saturated rings. The molecule has 0 radical (unpaired) electrons. The highest BCUT2D eigenvalue weighted by Crippen LogP contribution is 2.34. The summed E-state index contributed by atoms with van der Waals surface area (Å²) in [5.74, 6) is 1.98. The summed E-state index contributed by atoms with van der Waals surface area (Å²) in [6.45, 7) is 3.27. The fourth-order valence-corrected chi connectivity index (χ4v) is 6.17. The Morgan fingerprint density at radius 3 is 2.90 bits per heavy atom. The zero-order valence-electron chi connectivity index (χ0n) is 16.8. The van der Waals surface area contributed by atoms with Gasteiger partial charge >= 0.3 is 0 Å². The smallest absolute Gasteiger partial charge is 0.252 e. The quantitative estimate of drug-likeness (QED) is 0.542. The minimum absolute atomic E-state index is 0.140. The fourth-order valence-electron chi connectivity index (χ4n) is 3.50. The molecule has 30 heavy (non-hydrogen) atoms. The number of hydrogen-bond donors (Lipinski definition) is 0. The van der Waals surface area contributed by atoms with E-state index in [1.165, 1.54) is 15.6 Å². The Bertz CT molecular complexity index is 1100. The number of aromatic nitrogens is 2. The monoisotopic (exact) mass is 449 g/mol. The molecule has 3 heterocycles. The van der Waals surface area contributed by atoms with Gasteiger partial charge in [0.1, 0.15) is 4.21 Å². The molecule has 0 amide bonds. The molecule has 0 N–H and O–H groups in total. The molecule has 4 rings (SSSR count). The minimum Gasteiger partial charge on any atom is -0.493 e. The van der Waals surface area contributed by atoms with Crippen molar-refractivity contribution in [2.45, 2.75) is 29.9 Å². The summed E-state index contributed by atoms with van der Waals surface area (Å²) in [5, 5.41) is 5.87. The van der Waals surface area contributed by atoms with Crippen molar-refractivity contribution < 1.29 is 22.4 Å². The van der Waals surface area contributed by atoms with Crippen LogP contribution in [0.1, 0.15) is 31.6 Å². The van der Waals surface area contributed by atoms with Gasteiger partial charge in [0.2, 0.25) is 11.7 Å². The zero-order valence-corrected chi connectivity index (χ0v) is 18.4. The van der Waals surface area contributed by atoms with E-state index in [2.05, 4.69) is 10.1 Å². The number of benzene rings is 1. The molecule has 160 valence electrons. The SMILES string of the molecule is CCOc1ccc(-c2noc(C3CCCN(S(=O)(=O)c4cccs4)C3)n2)cc1OC. The van der Waals surface area contributed by atoms with Gasteiger partial charge in [-0.3, -0.25) is 0 Å². The van der Waals surface area contributed by atoms with Crippen LogP contribution in [0.2, 0.25) is 0 Å². The number of rotatable bonds is 7. The first kappa shape index (κ1) is 20.8. The van der Waals surface area contributed by atoms with E-state index in [0.29, 0.717) is 47.1 Å². The summed E-state index contributed by atoms with van der Waals surface area (Å²) >= 11 is 1.23. The Kier molecular flexibility index (Phi) is 6.07. The number of nitrogens with zero attached hydrogens (tertiary/aromatic N) is 3.